The van der Waals surface area contributed by atoms with E-state index in [9.17, 15) is 27.2 Å². The zero-order valence-corrected chi connectivity index (χ0v) is 18.8. The highest BCUT2D eigenvalue weighted by atomic mass is 19.4. The number of carbonyl (C=O) groups excluding carboxylic acids is 2. The van der Waals surface area contributed by atoms with Crippen molar-refractivity contribution < 1.29 is 27.2 Å². The van der Waals surface area contributed by atoms with E-state index in [-0.39, 0.29) is 18.8 Å². The molecule has 35 heavy (non-hydrogen) atoms. The first kappa shape index (κ1) is 25.5. The Labute approximate surface area is 199 Å². The Morgan fingerprint density at radius 1 is 0.886 bits per heavy atom. The summed E-state index contributed by atoms with van der Waals surface area (Å²) in [6.45, 7) is 2.25. The van der Waals surface area contributed by atoms with Crippen LogP contribution < -0.4 is 20.9 Å². The quantitative estimate of drug-likeness (QED) is 0.266. The van der Waals surface area contributed by atoms with E-state index in [4.69, 9.17) is 0 Å². The van der Waals surface area contributed by atoms with Gasteiger partial charge in [-0.15, -0.1) is 0 Å². The molecule has 0 unspecified atom stereocenters. The first-order chi connectivity index (χ1) is 16.6. The van der Waals surface area contributed by atoms with Crippen molar-refractivity contribution in [1.29, 1.82) is 0 Å². The van der Waals surface area contributed by atoms with E-state index in [0.29, 0.717) is 17.8 Å². The second-order valence-corrected chi connectivity index (χ2v) is 7.74. The van der Waals surface area contributed by atoms with Crippen molar-refractivity contribution >= 4 is 29.1 Å². The Balaban J connectivity index is 1.57. The first-order valence-electron chi connectivity index (χ1n) is 10.7. The molecule has 0 bridgehead atoms. The van der Waals surface area contributed by atoms with Gasteiger partial charge in [-0.1, -0.05) is 23.8 Å². The molecule has 0 aliphatic carbocycles. The fraction of sp³-hybridized carbons (Fsp3) is 0.200. The third-order valence-electron chi connectivity index (χ3n) is 4.98. The van der Waals surface area contributed by atoms with E-state index >= 15 is 0 Å². The number of nitrogens with zero attached hydrogens (tertiary/aromatic N) is 1. The molecule has 10 heteroatoms. The van der Waals surface area contributed by atoms with Crippen LogP contribution in [-0.4, -0.2) is 25.2 Å². The molecule has 0 spiro atoms. The molecule has 3 N–H and O–H groups in total. The van der Waals surface area contributed by atoms with E-state index in [1.54, 1.807) is 12.1 Å². The minimum atomic E-state index is -4.52. The number of carbonyl (C=O) groups is 2. The summed E-state index contributed by atoms with van der Waals surface area (Å²) in [6.07, 6.45) is -4.19. The second kappa shape index (κ2) is 11.4. The van der Waals surface area contributed by atoms with Crippen LogP contribution in [0.5, 0.6) is 0 Å². The first-order valence-corrected chi connectivity index (χ1v) is 10.7. The summed E-state index contributed by atoms with van der Waals surface area (Å²) in [5.41, 5.74) is 1.22. The third kappa shape index (κ3) is 7.73. The van der Waals surface area contributed by atoms with Gasteiger partial charge in [-0.25, -0.2) is 14.0 Å². The van der Waals surface area contributed by atoms with Gasteiger partial charge in [0.25, 0.3) is 0 Å². The lowest BCUT2D eigenvalue weighted by Crippen LogP contribution is -2.38. The Bertz CT molecular complexity index is 1150. The SMILES string of the molecule is Cc1ccc(NC(=O)N(CCCNC(=O)Nc2cccc(C(F)(F)F)c2)c2ccc(F)cc2)cc1. The van der Waals surface area contributed by atoms with E-state index in [0.717, 1.165) is 17.7 Å². The molecule has 0 aromatic heterocycles. The van der Waals surface area contributed by atoms with Crippen molar-refractivity contribution in [3.63, 3.8) is 0 Å². The molecule has 0 saturated carbocycles. The Hall–Kier alpha value is -4.08. The third-order valence-corrected chi connectivity index (χ3v) is 4.98. The largest absolute Gasteiger partial charge is 0.416 e. The minimum absolute atomic E-state index is 0.00254. The van der Waals surface area contributed by atoms with Gasteiger partial charge in [-0.3, -0.25) is 4.90 Å². The molecule has 0 fully saturated rings. The van der Waals surface area contributed by atoms with E-state index in [2.05, 4.69) is 16.0 Å². The average molecular weight is 488 g/mol. The van der Waals surface area contributed by atoms with Gasteiger partial charge >= 0.3 is 18.2 Å². The molecule has 0 aliphatic rings. The zero-order valence-electron chi connectivity index (χ0n) is 18.8. The minimum Gasteiger partial charge on any atom is -0.338 e. The Morgan fingerprint density at radius 3 is 2.23 bits per heavy atom. The van der Waals surface area contributed by atoms with Crippen molar-refractivity contribution in [2.45, 2.75) is 19.5 Å². The summed E-state index contributed by atoms with van der Waals surface area (Å²) < 4.78 is 51.8. The molecule has 0 saturated heterocycles. The smallest absolute Gasteiger partial charge is 0.338 e. The predicted octanol–water partition coefficient (Wildman–Crippen LogP) is 6.40. The van der Waals surface area contributed by atoms with E-state index in [1.807, 2.05) is 19.1 Å². The number of amides is 4. The van der Waals surface area contributed by atoms with Crippen molar-refractivity contribution in [3.8, 4) is 0 Å². The molecule has 0 aliphatic heterocycles. The topological polar surface area (TPSA) is 73.5 Å². The van der Waals surface area contributed by atoms with Crippen LogP contribution in [0.4, 0.5) is 44.2 Å². The summed E-state index contributed by atoms with van der Waals surface area (Å²) in [5.74, 6) is -0.444. The highest BCUT2D eigenvalue weighted by molar-refractivity contribution is 6.01. The summed E-state index contributed by atoms with van der Waals surface area (Å²) in [6, 6.07) is 15.8. The highest BCUT2D eigenvalue weighted by Gasteiger charge is 2.30. The predicted molar refractivity (Wildman–Crippen MR) is 127 cm³/mol. The standard InChI is InChI=1S/C25H24F4N4O2/c1-17-6-10-20(11-7-17)32-24(35)33(22-12-8-19(26)9-13-22)15-3-14-30-23(34)31-21-5-2-4-18(16-21)25(27,28)29/h2,4-13,16H,3,14-15H2,1H3,(H,32,35)(H2,30,31,34). The van der Waals surface area contributed by atoms with Gasteiger partial charge in [-0.2, -0.15) is 13.2 Å². The van der Waals surface area contributed by atoms with Gasteiger partial charge in [0.15, 0.2) is 0 Å². The number of aryl methyl sites for hydroxylation is 1. The van der Waals surface area contributed by atoms with Crippen LogP contribution in [0.25, 0.3) is 0 Å². The van der Waals surface area contributed by atoms with Crippen LogP contribution in [0, 0.1) is 12.7 Å². The van der Waals surface area contributed by atoms with Crippen molar-refractivity contribution in [2.75, 3.05) is 28.6 Å². The number of benzene rings is 3. The molecule has 0 atom stereocenters. The van der Waals surface area contributed by atoms with Crippen LogP contribution in [-0.2, 0) is 6.18 Å². The molecule has 0 radical (unpaired) electrons. The average Bonchev–Trinajstić information content (AvgIpc) is 2.81. The molecule has 4 amide bonds. The fourth-order valence-corrected chi connectivity index (χ4v) is 3.18. The summed E-state index contributed by atoms with van der Waals surface area (Å²) in [5, 5.41) is 7.69. The second-order valence-electron chi connectivity index (χ2n) is 7.74. The lowest BCUT2D eigenvalue weighted by molar-refractivity contribution is -0.137. The van der Waals surface area contributed by atoms with Crippen LogP contribution >= 0.6 is 0 Å². The van der Waals surface area contributed by atoms with E-state index in [1.165, 1.54) is 41.3 Å². The maximum Gasteiger partial charge on any atom is 0.416 e. The number of nitrogens with one attached hydrogen (secondary N) is 3. The van der Waals surface area contributed by atoms with Crippen LogP contribution in [0.15, 0.2) is 72.8 Å². The number of alkyl halides is 3. The zero-order chi connectivity index (χ0) is 25.4. The molecule has 0 heterocycles. The fourth-order valence-electron chi connectivity index (χ4n) is 3.18. The molecular formula is C25H24F4N4O2. The number of anilines is 3. The van der Waals surface area contributed by atoms with Crippen LogP contribution in [0.3, 0.4) is 0 Å². The number of hydrogen-bond donors (Lipinski definition) is 3. The maximum atomic E-state index is 13.4. The number of rotatable bonds is 7. The molecule has 6 nitrogen and oxygen atoms in total. The molecule has 3 aromatic carbocycles. The van der Waals surface area contributed by atoms with Gasteiger partial charge in [0.2, 0.25) is 0 Å². The van der Waals surface area contributed by atoms with Crippen LogP contribution in [0.1, 0.15) is 17.5 Å². The normalized spacial score (nSPS) is 11.0. The molecule has 3 aromatic rings. The van der Waals surface area contributed by atoms with Crippen molar-refractivity contribution in [1.82, 2.24) is 5.32 Å². The van der Waals surface area contributed by atoms with Gasteiger partial charge in [0, 0.05) is 30.2 Å². The monoisotopic (exact) mass is 488 g/mol. The Kier molecular flexibility index (Phi) is 8.30. The van der Waals surface area contributed by atoms with Gasteiger partial charge < -0.3 is 16.0 Å². The van der Waals surface area contributed by atoms with Crippen molar-refractivity contribution in [2.24, 2.45) is 0 Å². The Morgan fingerprint density at radius 2 is 1.57 bits per heavy atom. The van der Waals surface area contributed by atoms with Gasteiger partial charge in [-0.05, 0) is 67.9 Å². The van der Waals surface area contributed by atoms with Crippen molar-refractivity contribution in [3.05, 3.63) is 89.7 Å². The van der Waals surface area contributed by atoms with Crippen LogP contribution in [0.2, 0.25) is 0 Å². The number of halogens is 4. The lowest BCUT2D eigenvalue weighted by Gasteiger charge is -2.23. The van der Waals surface area contributed by atoms with Gasteiger partial charge in [0.05, 0.1) is 5.56 Å². The molecular weight excluding hydrogens is 464 g/mol. The molecule has 3 rings (SSSR count). The summed E-state index contributed by atoms with van der Waals surface area (Å²) >= 11 is 0. The summed E-state index contributed by atoms with van der Waals surface area (Å²) in [7, 11) is 0. The number of hydrogen-bond acceptors (Lipinski definition) is 2. The summed E-state index contributed by atoms with van der Waals surface area (Å²) in [4.78, 5) is 26.4. The van der Waals surface area contributed by atoms with E-state index < -0.39 is 29.6 Å². The lowest BCUT2D eigenvalue weighted by atomic mass is 10.2. The highest BCUT2D eigenvalue weighted by Crippen LogP contribution is 2.30. The maximum absolute atomic E-state index is 13.4. The van der Waals surface area contributed by atoms with Gasteiger partial charge in [0.1, 0.15) is 5.82 Å². The number of urea groups is 2. The molecule has 184 valence electrons.